The van der Waals surface area contributed by atoms with Gasteiger partial charge in [0, 0.05) is 0 Å². The SMILES string of the molecule is COc1ccc(C(Cl)c2ccc(C)c(C)c2)cc1OC. The molecule has 0 heterocycles. The summed E-state index contributed by atoms with van der Waals surface area (Å²) in [5.41, 5.74) is 4.59. The molecule has 0 aromatic heterocycles. The van der Waals surface area contributed by atoms with Crippen molar-refractivity contribution in [1.29, 1.82) is 0 Å². The maximum atomic E-state index is 6.58. The van der Waals surface area contributed by atoms with Gasteiger partial charge in [0.15, 0.2) is 11.5 Å². The highest BCUT2D eigenvalue weighted by Crippen LogP contribution is 2.35. The van der Waals surface area contributed by atoms with Crippen LogP contribution in [0.3, 0.4) is 0 Å². The zero-order chi connectivity index (χ0) is 14.7. The summed E-state index contributed by atoms with van der Waals surface area (Å²) in [4.78, 5) is 0. The molecule has 0 amide bonds. The Morgan fingerprint density at radius 2 is 1.40 bits per heavy atom. The molecule has 3 heteroatoms. The maximum absolute atomic E-state index is 6.58. The number of benzene rings is 2. The summed E-state index contributed by atoms with van der Waals surface area (Å²) in [6.07, 6.45) is 0. The molecule has 0 aliphatic heterocycles. The first-order valence-electron chi connectivity index (χ1n) is 6.50. The van der Waals surface area contributed by atoms with Gasteiger partial charge in [-0.15, -0.1) is 11.6 Å². The molecule has 20 heavy (non-hydrogen) atoms. The third-order valence-electron chi connectivity index (χ3n) is 3.52. The molecule has 0 aliphatic rings. The molecule has 1 unspecified atom stereocenters. The van der Waals surface area contributed by atoms with Crippen LogP contribution < -0.4 is 9.47 Å². The van der Waals surface area contributed by atoms with Crippen molar-refractivity contribution in [3.63, 3.8) is 0 Å². The van der Waals surface area contributed by atoms with Crippen LogP contribution in [0.1, 0.15) is 27.6 Å². The van der Waals surface area contributed by atoms with E-state index in [0.29, 0.717) is 11.5 Å². The summed E-state index contributed by atoms with van der Waals surface area (Å²) in [6.45, 7) is 4.19. The van der Waals surface area contributed by atoms with Gasteiger partial charge in [-0.25, -0.2) is 0 Å². The standard InChI is InChI=1S/C17H19ClO2/c1-11-5-6-13(9-12(11)2)17(18)14-7-8-15(19-3)16(10-14)20-4/h5-10,17H,1-4H3. The van der Waals surface area contributed by atoms with Crippen molar-refractivity contribution in [2.24, 2.45) is 0 Å². The number of rotatable bonds is 4. The number of methoxy groups -OCH3 is 2. The Balaban J connectivity index is 2.37. The van der Waals surface area contributed by atoms with E-state index in [-0.39, 0.29) is 5.38 Å². The van der Waals surface area contributed by atoms with Gasteiger partial charge < -0.3 is 9.47 Å². The first-order valence-corrected chi connectivity index (χ1v) is 6.93. The minimum atomic E-state index is -0.200. The Labute approximate surface area is 125 Å². The minimum Gasteiger partial charge on any atom is -0.493 e. The van der Waals surface area contributed by atoms with E-state index in [0.717, 1.165) is 11.1 Å². The zero-order valence-electron chi connectivity index (χ0n) is 12.2. The predicted octanol–water partition coefficient (Wildman–Crippen LogP) is 4.65. The molecule has 0 N–H and O–H groups in total. The summed E-state index contributed by atoms with van der Waals surface area (Å²) in [7, 11) is 3.25. The van der Waals surface area contributed by atoms with Gasteiger partial charge in [-0.1, -0.05) is 24.3 Å². The van der Waals surface area contributed by atoms with Crippen LogP contribution in [-0.4, -0.2) is 14.2 Å². The molecule has 0 radical (unpaired) electrons. The van der Waals surface area contributed by atoms with E-state index < -0.39 is 0 Å². The van der Waals surface area contributed by atoms with Gasteiger partial charge in [0.1, 0.15) is 0 Å². The third-order valence-corrected chi connectivity index (χ3v) is 4.03. The van der Waals surface area contributed by atoms with Gasteiger partial charge in [0.05, 0.1) is 19.6 Å². The first-order chi connectivity index (χ1) is 9.56. The highest BCUT2D eigenvalue weighted by atomic mass is 35.5. The number of aryl methyl sites for hydroxylation is 2. The second-order valence-electron chi connectivity index (χ2n) is 4.82. The van der Waals surface area contributed by atoms with Crippen LogP contribution >= 0.6 is 11.6 Å². The largest absolute Gasteiger partial charge is 0.493 e. The average Bonchev–Trinajstić information content (AvgIpc) is 2.48. The Bertz CT molecular complexity index is 608. The molecule has 0 spiro atoms. The number of hydrogen-bond donors (Lipinski definition) is 0. The van der Waals surface area contributed by atoms with Crippen LogP contribution in [0.5, 0.6) is 11.5 Å². The van der Waals surface area contributed by atoms with E-state index in [2.05, 4.69) is 32.0 Å². The number of hydrogen-bond acceptors (Lipinski definition) is 2. The lowest BCUT2D eigenvalue weighted by Gasteiger charge is -2.15. The highest BCUT2D eigenvalue weighted by Gasteiger charge is 2.14. The Morgan fingerprint density at radius 1 is 0.800 bits per heavy atom. The van der Waals surface area contributed by atoms with Gasteiger partial charge in [-0.3, -0.25) is 0 Å². The van der Waals surface area contributed by atoms with E-state index >= 15 is 0 Å². The summed E-state index contributed by atoms with van der Waals surface area (Å²) >= 11 is 6.58. The number of halogens is 1. The van der Waals surface area contributed by atoms with E-state index in [1.165, 1.54) is 11.1 Å². The second kappa shape index (κ2) is 6.19. The predicted molar refractivity (Wildman–Crippen MR) is 83.2 cm³/mol. The molecule has 0 saturated heterocycles. The molecule has 0 bridgehead atoms. The van der Waals surface area contributed by atoms with E-state index in [4.69, 9.17) is 21.1 Å². The quantitative estimate of drug-likeness (QED) is 0.763. The molecular formula is C17H19ClO2. The fourth-order valence-corrected chi connectivity index (χ4v) is 2.40. The van der Waals surface area contributed by atoms with Crippen molar-refractivity contribution < 1.29 is 9.47 Å². The summed E-state index contributed by atoms with van der Waals surface area (Å²) < 4.78 is 10.6. The van der Waals surface area contributed by atoms with Gasteiger partial charge in [0.25, 0.3) is 0 Å². The Morgan fingerprint density at radius 3 is 2.00 bits per heavy atom. The highest BCUT2D eigenvalue weighted by molar-refractivity contribution is 6.22. The molecule has 0 aliphatic carbocycles. The molecule has 1 atom stereocenters. The minimum absolute atomic E-state index is 0.200. The number of alkyl halides is 1. The van der Waals surface area contributed by atoms with Crippen molar-refractivity contribution >= 4 is 11.6 Å². The van der Waals surface area contributed by atoms with Crippen LogP contribution in [0.25, 0.3) is 0 Å². The monoisotopic (exact) mass is 290 g/mol. The summed E-state index contributed by atoms with van der Waals surface area (Å²) in [5, 5.41) is -0.200. The molecule has 106 valence electrons. The third kappa shape index (κ3) is 2.91. The fourth-order valence-electron chi connectivity index (χ4n) is 2.13. The van der Waals surface area contributed by atoms with Crippen molar-refractivity contribution in [3.8, 4) is 11.5 Å². The van der Waals surface area contributed by atoms with Crippen LogP contribution in [0.2, 0.25) is 0 Å². The molecule has 2 aromatic rings. The molecule has 2 aromatic carbocycles. The molecule has 0 fully saturated rings. The normalized spacial score (nSPS) is 12.1. The molecule has 2 nitrogen and oxygen atoms in total. The van der Waals surface area contributed by atoms with Gasteiger partial charge in [-0.2, -0.15) is 0 Å². The molecule has 2 rings (SSSR count). The summed E-state index contributed by atoms with van der Waals surface area (Å²) in [6, 6.07) is 12.1. The Kier molecular flexibility index (Phi) is 4.56. The summed E-state index contributed by atoms with van der Waals surface area (Å²) in [5.74, 6) is 1.40. The van der Waals surface area contributed by atoms with Crippen molar-refractivity contribution in [2.45, 2.75) is 19.2 Å². The van der Waals surface area contributed by atoms with E-state index in [9.17, 15) is 0 Å². The first kappa shape index (κ1) is 14.7. The lowest BCUT2D eigenvalue weighted by atomic mass is 10.00. The maximum Gasteiger partial charge on any atom is 0.161 e. The van der Waals surface area contributed by atoms with E-state index in [1.807, 2.05) is 18.2 Å². The zero-order valence-corrected chi connectivity index (χ0v) is 13.0. The Hall–Kier alpha value is -1.67. The van der Waals surface area contributed by atoms with Crippen molar-refractivity contribution in [2.75, 3.05) is 14.2 Å². The molecule has 0 saturated carbocycles. The van der Waals surface area contributed by atoms with Crippen LogP contribution in [0.15, 0.2) is 36.4 Å². The van der Waals surface area contributed by atoms with Gasteiger partial charge in [0.2, 0.25) is 0 Å². The van der Waals surface area contributed by atoms with E-state index in [1.54, 1.807) is 14.2 Å². The molecular weight excluding hydrogens is 272 g/mol. The topological polar surface area (TPSA) is 18.5 Å². The lowest BCUT2D eigenvalue weighted by molar-refractivity contribution is 0.354. The van der Waals surface area contributed by atoms with Crippen LogP contribution in [-0.2, 0) is 0 Å². The average molecular weight is 291 g/mol. The lowest BCUT2D eigenvalue weighted by Crippen LogP contribution is -1.97. The van der Waals surface area contributed by atoms with Gasteiger partial charge >= 0.3 is 0 Å². The number of ether oxygens (including phenoxy) is 2. The smallest absolute Gasteiger partial charge is 0.161 e. The van der Waals surface area contributed by atoms with Gasteiger partial charge in [-0.05, 0) is 48.2 Å². The fraction of sp³-hybridized carbons (Fsp3) is 0.294. The second-order valence-corrected chi connectivity index (χ2v) is 5.26. The van der Waals surface area contributed by atoms with Crippen LogP contribution in [0, 0.1) is 13.8 Å². The van der Waals surface area contributed by atoms with Crippen LogP contribution in [0.4, 0.5) is 0 Å². The van der Waals surface area contributed by atoms with Crippen molar-refractivity contribution in [3.05, 3.63) is 58.7 Å². The van der Waals surface area contributed by atoms with Crippen molar-refractivity contribution in [1.82, 2.24) is 0 Å².